The molecule has 1 nitrogen and oxygen atoms in total. The second kappa shape index (κ2) is 5.80. The van der Waals surface area contributed by atoms with Gasteiger partial charge in [-0.1, -0.05) is 56.1 Å². The summed E-state index contributed by atoms with van der Waals surface area (Å²) < 4.78 is 2.19. The first-order chi connectivity index (χ1) is 9.63. The molecule has 4 heteroatoms. The first-order valence-corrected chi connectivity index (χ1v) is 8.58. The van der Waals surface area contributed by atoms with Gasteiger partial charge < -0.3 is 0 Å². The number of hydrogen-bond acceptors (Lipinski definition) is 2. The normalized spacial score (nSPS) is 10.8. The van der Waals surface area contributed by atoms with Crippen molar-refractivity contribution < 1.29 is 0 Å². The van der Waals surface area contributed by atoms with Gasteiger partial charge in [-0.15, -0.1) is 11.3 Å². The summed E-state index contributed by atoms with van der Waals surface area (Å²) in [6.07, 6.45) is 0. The molecule has 0 aliphatic rings. The van der Waals surface area contributed by atoms with E-state index in [-0.39, 0.29) is 0 Å². The quantitative estimate of drug-likeness (QED) is 0.484. The van der Waals surface area contributed by atoms with Gasteiger partial charge in [-0.3, -0.25) is 0 Å². The Balaban J connectivity index is 1.99. The highest BCUT2D eigenvalue weighted by atomic mass is 79.9. The molecule has 0 spiro atoms. The second-order valence-corrected chi connectivity index (χ2v) is 7.14. The lowest BCUT2D eigenvalue weighted by atomic mass is 10.1. The van der Waals surface area contributed by atoms with Crippen LogP contribution in [0.1, 0.15) is 5.56 Å². The van der Waals surface area contributed by atoms with Gasteiger partial charge in [-0.05, 0) is 30.7 Å². The molecule has 1 heterocycles. The standard InChI is InChI=1S/C16H11Br2NS/c1-10-5-6-12(8-14(10)18)16-19-15(9-20-16)11-3-2-4-13(17)7-11/h2-9H,1H3. The van der Waals surface area contributed by atoms with Gasteiger partial charge in [0.15, 0.2) is 0 Å². The van der Waals surface area contributed by atoms with Crippen LogP contribution >= 0.6 is 43.2 Å². The van der Waals surface area contributed by atoms with E-state index in [2.05, 4.69) is 74.5 Å². The van der Waals surface area contributed by atoms with Crippen LogP contribution in [0.5, 0.6) is 0 Å². The second-order valence-electron chi connectivity index (χ2n) is 4.51. The van der Waals surface area contributed by atoms with Gasteiger partial charge in [0.1, 0.15) is 5.01 Å². The monoisotopic (exact) mass is 407 g/mol. The Kier molecular flexibility index (Phi) is 4.06. The fourth-order valence-corrected chi connectivity index (χ4v) is 3.52. The molecule has 0 radical (unpaired) electrons. The van der Waals surface area contributed by atoms with E-state index < -0.39 is 0 Å². The van der Waals surface area contributed by atoms with Crippen molar-refractivity contribution in [2.24, 2.45) is 0 Å². The Hall–Kier alpha value is -0.970. The minimum atomic E-state index is 1.02. The predicted molar refractivity (Wildman–Crippen MR) is 93.1 cm³/mol. The maximum absolute atomic E-state index is 4.74. The molecule has 3 rings (SSSR count). The van der Waals surface area contributed by atoms with Crippen molar-refractivity contribution in [3.05, 3.63) is 62.4 Å². The van der Waals surface area contributed by atoms with Crippen molar-refractivity contribution in [3.63, 3.8) is 0 Å². The topological polar surface area (TPSA) is 12.9 Å². The molecule has 0 saturated carbocycles. The largest absolute Gasteiger partial charge is 0.236 e. The van der Waals surface area contributed by atoms with Crippen molar-refractivity contribution in [1.82, 2.24) is 4.98 Å². The molecule has 0 bridgehead atoms. The summed E-state index contributed by atoms with van der Waals surface area (Å²) in [5.41, 5.74) is 4.53. The van der Waals surface area contributed by atoms with Gasteiger partial charge in [0.25, 0.3) is 0 Å². The van der Waals surface area contributed by atoms with E-state index in [1.165, 1.54) is 5.56 Å². The molecule has 1 aromatic heterocycles. The third-order valence-corrected chi connectivity index (χ3v) is 5.28. The zero-order chi connectivity index (χ0) is 14.1. The lowest BCUT2D eigenvalue weighted by Crippen LogP contribution is -1.81. The van der Waals surface area contributed by atoms with E-state index in [4.69, 9.17) is 4.98 Å². The number of hydrogen-bond donors (Lipinski definition) is 0. The molecule has 0 N–H and O–H groups in total. The molecule has 2 aromatic carbocycles. The molecule has 100 valence electrons. The van der Waals surface area contributed by atoms with Crippen LogP contribution in [0, 0.1) is 6.92 Å². The third kappa shape index (κ3) is 2.87. The van der Waals surface area contributed by atoms with Crippen LogP contribution in [-0.2, 0) is 0 Å². The molecule has 20 heavy (non-hydrogen) atoms. The zero-order valence-electron chi connectivity index (χ0n) is 10.7. The van der Waals surface area contributed by atoms with Crippen molar-refractivity contribution >= 4 is 43.2 Å². The number of benzene rings is 2. The maximum atomic E-state index is 4.74. The molecule has 0 unspecified atom stereocenters. The highest BCUT2D eigenvalue weighted by molar-refractivity contribution is 9.10. The van der Waals surface area contributed by atoms with Gasteiger partial charge in [0, 0.05) is 25.5 Å². The lowest BCUT2D eigenvalue weighted by molar-refractivity contribution is 1.38. The fourth-order valence-electron chi connectivity index (χ4n) is 1.91. The average molecular weight is 409 g/mol. The Morgan fingerprint density at radius 1 is 1.00 bits per heavy atom. The van der Waals surface area contributed by atoms with Crippen LogP contribution < -0.4 is 0 Å². The summed E-state index contributed by atoms with van der Waals surface area (Å²) in [5.74, 6) is 0. The number of halogens is 2. The molecule has 0 aliphatic heterocycles. The number of aromatic nitrogens is 1. The summed E-state index contributed by atoms with van der Waals surface area (Å²) in [6.45, 7) is 2.09. The van der Waals surface area contributed by atoms with Crippen molar-refractivity contribution in [2.75, 3.05) is 0 Å². The number of rotatable bonds is 2. The van der Waals surface area contributed by atoms with Crippen LogP contribution in [-0.4, -0.2) is 4.98 Å². The van der Waals surface area contributed by atoms with Gasteiger partial charge in [0.05, 0.1) is 5.69 Å². The molecular weight excluding hydrogens is 398 g/mol. The van der Waals surface area contributed by atoms with Gasteiger partial charge in [0.2, 0.25) is 0 Å². The highest BCUT2D eigenvalue weighted by Crippen LogP contribution is 2.31. The molecule has 3 aromatic rings. The van der Waals surface area contributed by atoms with Gasteiger partial charge >= 0.3 is 0 Å². The molecular formula is C16H11Br2NS. The maximum Gasteiger partial charge on any atom is 0.124 e. The average Bonchev–Trinajstić information content (AvgIpc) is 2.92. The van der Waals surface area contributed by atoms with E-state index in [1.807, 2.05) is 12.1 Å². The Morgan fingerprint density at radius 2 is 1.85 bits per heavy atom. The minimum Gasteiger partial charge on any atom is -0.236 e. The number of nitrogens with zero attached hydrogens (tertiary/aromatic N) is 1. The van der Waals surface area contributed by atoms with Crippen molar-refractivity contribution in [1.29, 1.82) is 0 Å². The van der Waals surface area contributed by atoms with Crippen LogP contribution in [0.25, 0.3) is 21.8 Å². The van der Waals surface area contributed by atoms with Crippen LogP contribution in [0.4, 0.5) is 0 Å². The minimum absolute atomic E-state index is 1.02. The van der Waals surface area contributed by atoms with Crippen LogP contribution in [0.2, 0.25) is 0 Å². The molecule has 0 aliphatic carbocycles. The Labute approximate surface area is 139 Å². The first-order valence-electron chi connectivity index (χ1n) is 6.11. The lowest BCUT2D eigenvalue weighted by Gasteiger charge is -2.01. The number of thiazole rings is 1. The third-order valence-electron chi connectivity index (χ3n) is 3.04. The SMILES string of the molecule is Cc1ccc(-c2nc(-c3cccc(Br)c3)cs2)cc1Br. The van der Waals surface area contributed by atoms with Crippen molar-refractivity contribution in [3.8, 4) is 21.8 Å². The van der Waals surface area contributed by atoms with Crippen molar-refractivity contribution in [2.45, 2.75) is 6.92 Å². The van der Waals surface area contributed by atoms with Gasteiger partial charge in [-0.25, -0.2) is 4.98 Å². The molecule has 0 saturated heterocycles. The van der Waals surface area contributed by atoms with E-state index in [0.29, 0.717) is 0 Å². The van der Waals surface area contributed by atoms with E-state index in [9.17, 15) is 0 Å². The van der Waals surface area contributed by atoms with E-state index >= 15 is 0 Å². The van der Waals surface area contributed by atoms with E-state index in [1.54, 1.807) is 11.3 Å². The summed E-state index contributed by atoms with van der Waals surface area (Å²) in [4.78, 5) is 4.74. The first kappa shape index (κ1) is 14.0. The summed E-state index contributed by atoms with van der Waals surface area (Å²) in [6, 6.07) is 14.6. The number of aryl methyl sites for hydroxylation is 1. The Morgan fingerprint density at radius 3 is 2.60 bits per heavy atom. The van der Waals surface area contributed by atoms with Gasteiger partial charge in [-0.2, -0.15) is 0 Å². The van der Waals surface area contributed by atoms with Crippen LogP contribution in [0.15, 0.2) is 56.8 Å². The molecule has 0 atom stereocenters. The Bertz CT molecular complexity index is 765. The summed E-state index contributed by atoms with van der Waals surface area (Å²) >= 11 is 8.74. The summed E-state index contributed by atoms with van der Waals surface area (Å²) in [7, 11) is 0. The zero-order valence-corrected chi connectivity index (χ0v) is 14.7. The fraction of sp³-hybridized carbons (Fsp3) is 0.0625. The molecule has 0 amide bonds. The summed E-state index contributed by atoms with van der Waals surface area (Å²) in [5, 5.41) is 3.14. The molecule has 0 fully saturated rings. The predicted octanol–water partition coefficient (Wildman–Crippen LogP) is 6.31. The van der Waals surface area contributed by atoms with Crippen LogP contribution in [0.3, 0.4) is 0 Å². The van der Waals surface area contributed by atoms with E-state index in [0.717, 1.165) is 30.8 Å². The highest BCUT2D eigenvalue weighted by Gasteiger charge is 2.08. The smallest absolute Gasteiger partial charge is 0.124 e.